The van der Waals surface area contributed by atoms with Gasteiger partial charge in [-0.2, -0.15) is 0 Å². The first-order valence-electron chi connectivity index (χ1n) is 4.07. The van der Waals surface area contributed by atoms with E-state index in [2.05, 4.69) is 0 Å². The van der Waals surface area contributed by atoms with Crippen LogP contribution in [0, 0.1) is 0 Å². The van der Waals surface area contributed by atoms with Gasteiger partial charge >= 0.3 is 11.9 Å². The molecule has 14 heavy (non-hydrogen) atoms. The highest BCUT2D eigenvalue weighted by molar-refractivity contribution is 5.73. The summed E-state index contributed by atoms with van der Waals surface area (Å²) in [5.74, 6) is -2.17. The molecule has 0 spiro atoms. The van der Waals surface area contributed by atoms with Crippen LogP contribution in [0.2, 0.25) is 0 Å². The zero-order valence-corrected chi connectivity index (χ0v) is 7.59. The molecule has 0 rings (SSSR count). The fourth-order valence-corrected chi connectivity index (χ4v) is 0.687. The van der Waals surface area contributed by atoms with Gasteiger partial charge in [0.25, 0.3) is 0 Å². The first-order valence-corrected chi connectivity index (χ1v) is 4.07. The van der Waals surface area contributed by atoms with Gasteiger partial charge in [-0.15, -0.1) is 0 Å². The van der Waals surface area contributed by atoms with E-state index in [9.17, 15) is 9.59 Å². The van der Waals surface area contributed by atoms with Crippen molar-refractivity contribution in [2.75, 3.05) is 0 Å². The second-order valence-corrected chi connectivity index (χ2v) is 2.83. The van der Waals surface area contributed by atoms with Crippen molar-refractivity contribution in [1.29, 1.82) is 0 Å². The lowest BCUT2D eigenvalue weighted by Crippen LogP contribution is -2.30. The van der Waals surface area contributed by atoms with E-state index in [1.165, 1.54) is 12.2 Å². The summed E-state index contributed by atoms with van der Waals surface area (Å²) in [5, 5.41) is 16.8. The lowest BCUT2D eigenvalue weighted by molar-refractivity contribution is -0.139. The van der Waals surface area contributed by atoms with Crippen LogP contribution in [-0.4, -0.2) is 34.2 Å². The van der Waals surface area contributed by atoms with Gasteiger partial charge in [0.05, 0.1) is 0 Å². The topological polar surface area (TPSA) is 127 Å². The minimum atomic E-state index is -1.09. The zero-order chi connectivity index (χ0) is 11.1. The molecule has 2 unspecified atom stereocenters. The minimum Gasteiger partial charge on any atom is -0.480 e. The van der Waals surface area contributed by atoms with Crippen LogP contribution in [-0.2, 0) is 9.59 Å². The van der Waals surface area contributed by atoms with Crippen molar-refractivity contribution in [2.45, 2.75) is 24.9 Å². The molecule has 0 amide bonds. The fourth-order valence-electron chi connectivity index (χ4n) is 0.687. The van der Waals surface area contributed by atoms with Crippen LogP contribution in [0.3, 0.4) is 0 Å². The van der Waals surface area contributed by atoms with E-state index >= 15 is 0 Å². The highest BCUT2D eigenvalue weighted by Crippen LogP contribution is 1.95. The van der Waals surface area contributed by atoms with Gasteiger partial charge in [-0.3, -0.25) is 9.59 Å². The van der Waals surface area contributed by atoms with Crippen molar-refractivity contribution in [3.8, 4) is 0 Å². The van der Waals surface area contributed by atoms with Gasteiger partial charge in [0.15, 0.2) is 0 Å². The quantitative estimate of drug-likeness (QED) is 0.415. The second-order valence-electron chi connectivity index (χ2n) is 2.83. The highest BCUT2D eigenvalue weighted by Gasteiger charge is 2.10. The summed E-state index contributed by atoms with van der Waals surface area (Å²) in [6.07, 6.45) is 3.37. The Bertz CT molecular complexity index is 215. The maximum atomic E-state index is 10.3. The van der Waals surface area contributed by atoms with Gasteiger partial charge < -0.3 is 21.7 Å². The maximum Gasteiger partial charge on any atom is 0.320 e. The third-order valence-corrected chi connectivity index (χ3v) is 1.58. The summed E-state index contributed by atoms with van der Waals surface area (Å²) < 4.78 is 0. The Morgan fingerprint density at radius 1 is 1.00 bits per heavy atom. The first-order chi connectivity index (χ1) is 6.45. The fraction of sp³-hybridized carbons (Fsp3) is 0.500. The summed E-state index contributed by atoms with van der Waals surface area (Å²) in [4.78, 5) is 20.5. The van der Waals surface area contributed by atoms with Crippen molar-refractivity contribution in [3.05, 3.63) is 12.2 Å². The molecule has 0 saturated carbocycles. The van der Waals surface area contributed by atoms with Gasteiger partial charge in [-0.1, -0.05) is 12.2 Å². The molecule has 6 nitrogen and oxygen atoms in total. The third-order valence-electron chi connectivity index (χ3n) is 1.58. The van der Waals surface area contributed by atoms with Crippen molar-refractivity contribution in [1.82, 2.24) is 0 Å². The van der Waals surface area contributed by atoms with E-state index < -0.39 is 24.0 Å². The van der Waals surface area contributed by atoms with Gasteiger partial charge in [-0.05, 0) is 12.8 Å². The molecule has 0 aliphatic carbocycles. The van der Waals surface area contributed by atoms with E-state index in [0.717, 1.165) is 0 Å². The molecule has 0 bridgehead atoms. The number of carboxylic acid groups (broad SMARTS) is 2. The van der Waals surface area contributed by atoms with Crippen molar-refractivity contribution in [3.63, 3.8) is 0 Å². The summed E-state index contributed by atoms with van der Waals surface area (Å²) >= 11 is 0. The normalized spacial score (nSPS) is 15.3. The van der Waals surface area contributed by atoms with Gasteiger partial charge in [-0.25, -0.2) is 0 Å². The smallest absolute Gasteiger partial charge is 0.320 e. The van der Waals surface area contributed by atoms with Gasteiger partial charge in [0, 0.05) is 0 Å². The standard InChI is InChI=1S/C8H14N2O4/c9-5(7(11)12)3-1-2-4-6(10)8(13)14/h1-2,5-6H,3-4,9-10H2,(H,11,12)(H,13,14)/b2-1+. The van der Waals surface area contributed by atoms with Crippen LogP contribution in [0.25, 0.3) is 0 Å². The van der Waals surface area contributed by atoms with E-state index in [1.54, 1.807) is 0 Å². The molecule has 0 aromatic rings. The Morgan fingerprint density at radius 2 is 1.29 bits per heavy atom. The molecule has 0 aliphatic rings. The monoisotopic (exact) mass is 202 g/mol. The molecule has 0 aliphatic heterocycles. The summed E-state index contributed by atoms with van der Waals surface area (Å²) in [6.45, 7) is 0. The Hall–Kier alpha value is -1.40. The Labute approximate surface area is 81.2 Å². The molecule has 0 heterocycles. The molecule has 6 N–H and O–H groups in total. The molecule has 0 fully saturated rings. The number of rotatable bonds is 6. The summed E-state index contributed by atoms with van der Waals surface area (Å²) in [7, 11) is 0. The predicted octanol–water partition coefficient (Wildman–Crippen LogP) is -0.853. The van der Waals surface area contributed by atoms with Gasteiger partial charge in [0.2, 0.25) is 0 Å². The molecular formula is C8H14N2O4. The van der Waals surface area contributed by atoms with Crippen LogP contribution < -0.4 is 11.5 Å². The molecular weight excluding hydrogens is 188 g/mol. The van der Waals surface area contributed by atoms with Gasteiger partial charge in [0.1, 0.15) is 12.1 Å². The lowest BCUT2D eigenvalue weighted by atomic mass is 10.1. The molecule has 0 aromatic heterocycles. The van der Waals surface area contributed by atoms with Crippen molar-refractivity contribution in [2.24, 2.45) is 11.5 Å². The lowest BCUT2D eigenvalue weighted by Gasteiger charge is -2.02. The van der Waals surface area contributed by atoms with Crippen LogP contribution >= 0.6 is 0 Å². The second kappa shape index (κ2) is 6.11. The predicted molar refractivity (Wildman–Crippen MR) is 49.6 cm³/mol. The van der Waals surface area contributed by atoms with Crippen LogP contribution in [0.5, 0.6) is 0 Å². The average molecular weight is 202 g/mol. The number of hydrogen-bond donors (Lipinski definition) is 4. The number of carboxylic acids is 2. The van der Waals surface area contributed by atoms with Crippen LogP contribution in [0.4, 0.5) is 0 Å². The number of nitrogens with two attached hydrogens (primary N) is 2. The number of carbonyl (C=O) groups is 2. The van der Waals surface area contributed by atoms with Crippen molar-refractivity contribution >= 4 is 11.9 Å². The Morgan fingerprint density at radius 3 is 1.50 bits per heavy atom. The Kier molecular flexibility index (Phi) is 5.50. The van der Waals surface area contributed by atoms with E-state index in [0.29, 0.717) is 0 Å². The maximum absolute atomic E-state index is 10.3. The van der Waals surface area contributed by atoms with Crippen LogP contribution in [0.1, 0.15) is 12.8 Å². The molecule has 0 saturated heterocycles. The molecule has 2 atom stereocenters. The van der Waals surface area contributed by atoms with E-state index in [-0.39, 0.29) is 12.8 Å². The largest absolute Gasteiger partial charge is 0.480 e. The Balaban J connectivity index is 3.74. The zero-order valence-electron chi connectivity index (χ0n) is 7.59. The number of aliphatic carboxylic acids is 2. The third kappa shape index (κ3) is 5.28. The van der Waals surface area contributed by atoms with Crippen LogP contribution in [0.15, 0.2) is 12.2 Å². The molecule has 80 valence electrons. The first kappa shape index (κ1) is 12.6. The molecule has 6 heteroatoms. The summed E-state index contributed by atoms with van der Waals surface area (Å²) in [6, 6.07) is -1.90. The van der Waals surface area contributed by atoms with Crippen molar-refractivity contribution < 1.29 is 19.8 Å². The van der Waals surface area contributed by atoms with E-state index in [1.807, 2.05) is 0 Å². The SMILES string of the molecule is NC(C/C=C/CC(N)C(=O)O)C(=O)O. The summed E-state index contributed by atoms with van der Waals surface area (Å²) in [5.41, 5.74) is 10.4. The van der Waals surface area contributed by atoms with E-state index in [4.69, 9.17) is 21.7 Å². The average Bonchev–Trinajstić information content (AvgIpc) is 2.11. The molecule has 0 aromatic carbocycles. The minimum absolute atomic E-state index is 0.168. The number of hydrogen-bond acceptors (Lipinski definition) is 4. The highest BCUT2D eigenvalue weighted by atomic mass is 16.4. The molecule has 0 radical (unpaired) electrons.